The maximum Gasteiger partial charge on any atom is 0.256 e. The Bertz CT molecular complexity index is 646. The summed E-state index contributed by atoms with van der Waals surface area (Å²) in [5, 5.41) is 9.20. The molecule has 2 rings (SSSR count). The third kappa shape index (κ3) is 2.60. The highest BCUT2D eigenvalue weighted by atomic mass is 16.5. The van der Waals surface area contributed by atoms with E-state index in [1.165, 1.54) is 0 Å². The number of nitrogens with zero attached hydrogens (tertiary/aromatic N) is 1. The number of aromatic nitrogens is 1. The minimum Gasteiger partial charge on any atom is -0.493 e. The van der Waals surface area contributed by atoms with Crippen molar-refractivity contribution >= 4 is 0 Å². The van der Waals surface area contributed by atoms with Crippen LogP contribution in [0.15, 0.2) is 41.2 Å². The Hall–Kier alpha value is -2.07. The lowest BCUT2D eigenvalue weighted by Gasteiger charge is -2.15. The van der Waals surface area contributed by atoms with Crippen LogP contribution in [0.4, 0.5) is 0 Å². The molecule has 4 heteroatoms. The highest BCUT2D eigenvalue weighted by Crippen LogP contribution is 2.29. The van der Waals surface area contributed by atoms with Crippen LogP contribution < -0.4 is 10.3 Å². The molecule has 2 aromatic rings. The van der Waals surface area contributed by atoms with E-state index < -0.39 is 0 Å². The molecule has 0 radical (unpaired) electrons. The van der Waals surface area contributed by atoms with E-state index in [9.17, 15) is 9.90 Å². The van der Waals surface area contributed by atoms with E-state index in [1.807, 2.05) is 44.2 Å². The minimum absolute atomic E-state index is 0.154. The second-order valence-electron chi connectivity index (χ2n) is 4.38. The van der Waals surface area contributed by atoms with Gasteiger partial charge in [-0.3, -0.25) is 4.79 Å². The summed E-state index contributed by atoms with van der Waals surface area (Å²) in [6.45, 7) is 4.71. The fraction of sp³-hybridized carbons (Fsp3) is 0.312. The molecule has 1 aromatic heterocycles. The summed E-state index contributed by atoms with van der Waals surface area (Å²) in [6.07, 6.45) is 0. The maximum atomic E-state index is 12.3. The summed E-state index contributed by atoms with van der Waals surface area (Å²) < 4.78 is 7.28. The first-order valence-corrected chi connectivity index (χ1v) is 6.78. The molecule has 0 saturated carbocycles. The molecule has 0 amide bonds. The van der Waals surface area contributed by atoms with Gasteiger partial charge in [0.25, 0.3) is 5.56 Å². The maximum absolute atomic E-state index is 12.3. The molecule has 0 unspecified atom stereocenters. The SMILES string of the molecule is CCOc1ccccc1-c1ccc(CO)c(=O)n1CC. The summed E-state index contributed by atoms with van der Waals surface area (Å²) in [5.74, 6) is 0.758. The molecule has 0 aliphatic carbocycles. The summed E-state index contributed by atoms with van der Waals surface area (Å²) in [7, 11) is 0. The normalized spacial score (nSPS) is 10.6. The first-order valence-electron chi connectivity index (χ1n) is 6.78. The van der Waals surface area contributed by atoms with Crippen LogP contribution in [0.2, 0.25) is 0 Å². The number of benzene rings is 1. The van der Waals surface area contributed by atoms with Crippen LogP contribution in [0.1, 0.15) is 19.4 Å². The molecule has 0 fully saturated rings. The van der Waals surface area contributed by atoms with Crippen molar-refractivity contribution in [3.05, 3.63) is 52.3 Å². The quantitative estimate of drug-likeness (QED) is 0.910. The van der Waals surface area contributed by atoms with E-state index in [4.69, 9.17) is 4.74 Å². The number of hydrogen-bond donors (Lipinski definition) is 1. The topological polar surface area (TPSA) is 51.5 Å². The summed E-state index contributed by atoms with van der Waals surface area (Å²) in [4.78, 5) is 12.3. The summed E-state index contributed by atoms with van der Waals surface area (Å²) >= 11 is 0. The van der Waals surface area contributed by atoms with E-state index in [-0.39, 0.29) is 12.2 Å². The van der Waals surface area contributed by atoms with Crippen LogP contribution in [0.25, 0.3) is 11.3 Å². The van der Waals surface area contributed by atoms with Crippen molar-refractivity contribution in [2.45, 2.75) is 27.0 Å². The van der Waals surface area contributed by atoms with Crippen molar-refractivity contribution in [3.8, 4) is 17.0 Å². The third-order valence-corrected chi connectivity index (χ3v) is 3.20. The first kappa shape index (κ1) is 14.3. The average Bonchev–Trinajstić information content (AvgIpc) is 2.48. The fourth-order valence-electron chi connectivity index (χ4n) is 2.25. The van der Waals surface area contributed by atoms with Gasteiger partial charge in [0.15, 0.2) is 0 Å². The van der Waals surface area contributed by atoms with Crippen LogP contribution >= 0.6 is 0 Å². The average molecular weight is 273 g/mol. The number of aliphatic hydroxyl groups excluding tert-OH is 1. The molecule has 0 aliphatic heterocycles. The predicted molar refractivity (Wildman–Crippen MR) is 78.9 cm³/mol. The molecule has 0 aliphatic rings. The van der Waals surface area contributed by atoms with Crippen LogP contribution in [0.3, 0.4) is 0 Å². The number of aliphatic hydroxyl groups is 1. The molecule has 4 nitrogen and oxygen atoms in total. The lowest BCUT2D eigenvalue weighted by molar-refractivity contribution is 0.279. The second kappa shape index (κ2) is 6.39. The van der Waals surface area contributed by atoms with Crippen molar-refractivity contribution in [2.75, 3.05) is 6.61 Å². The van der Waals surface area contributed by atoms with Gasteiger partial charge in [-0.2, -0.15) is 0 Å². The number of pyridine rings is 1. The van der Waals surface area contributed by atoms with E-state index in [0.717, 1.165) is 17.0 Å². The van der Waals surface area contributed by atoms with Crippen molar-refractivity contribution < 1.29 is 9.84 Å². The molecule has 0 atom stereocenters. The molecule has 1 aromatic carbocycles. The molecule has 0 bridgehead atoms. The monoisotopic (exact) mass is 273 g/mol. The lowest BCUT2D eigenvalue weighted by atomic mass is 10.1. The Morgan fingerprint density at radius 1 is 1.15 bits per heavy atom. The summed E-state index contributed by atoms with van der Waals surface area (Å²) in [5.41, 5.74) is 1.94. The Labute approximate surface area is 118 Å². The summed E-state index contributed by atoms with van der Waals surface area (Å²) in [6, 6.07) is 11.2. The van der Waals surface area contributed by atoms with Gasteiger partial charge in [-0.25, -0.2) is 0 Å². The molecule has 0 saturated heterocycles. The molecular weight excluding hydrogens is 254 g/mol. The van der Waals surface area contributed by atoms with E-state index in [2.05, 4.69) is 0 Å². The number of rotatable bonds is 5. The van der Waals surface area contributed by atoms with E-state index in [1.54, 1.807) is 10.6 Å². The van der Waals surface area contributed by atoms with Gasteiger partial charge < -0.3 is 14.4 Å². The lowest BCUT2D eigenvalue weighted by Crippen LogP contribution is -2.24. The van der Waals surface area contributed by atoms with E-state index >= 15 is 0 Å². The largest absolute Gasteiger partial charge is 0.493 e. The zero-order valence-corrected chi connectivity index (χ0v) is 11.8. The van der Waals surface area contributed by atoms with Crippen molar-refractivity contribution in [2.24, 2.45) is 0 Å². The van der Waals surface area contributed by atoms with Gasteiger partial charge in [0.2, 0.25) is 0 Å². The predicted octanol–water partition coefficient (Wildman–Crippen LogP) is 2.43. The Balaban J connectivity index is 2.64. The number of hydrogen-bond acceptors (Lipinski definition) is 3. The van der Waals surface area contributed by atoms with Crippen LogP contribution in [0.5, 0.6) is 5.75 Å². The Kier molecular flexibility index (Phi) is 4.58. The van der Waals surface area contributed by atoms with Gasteiger partial charge in [0.05, 0.1) is 18.9 Å². The number of para-hydroxylation sites is 1. The smallest absolute Gasteiger partial charge is 0.256 e. The van der Waals surface area contributed by atoms with Gasteiger partial charge >= 0.3 is 0 Å². The molecule has 20 heavy (non-hydrogen) atoms. The molecule has 0 spiro atoms. The van der Waals surface area contributed by atoms with Crippen LogP contribution in [-0.2, 0) is 13.2 Å². The Morgan fingerprint density at radius 2 is 1.90 bits per heavy atom. The van der Waals surface area contributed by atoms with Crippen molar-refractivity contribution in [3.63, 3.8) is 0 Å². The van der Waals surface area contributed by atoms with Gasteiger partial charge in [-0.1, -0.05) is 12.1 Å². The Morgan fingerprint density at radius 3 is 2.55 bits per heavy atom. The zero-order chi connectivity index (χ0) is 14.5. The molecular formula is C16H19NO3. The van der Waals surface area contributed by atoms with Gasteiger partial charge in [-0.05, 0) is 38.1 Å². The van der Waals surface area contributed by atoms with E-state index in [0.29, 0.717) is 18.7 Å². The van der Waals surface area contributed by atoms with Crippen molar-refractivity contribution in [1.82, 2.24) is 4.57 Å². The third-order valence-electron chi connectivity index (χ3n) is 3.20. The number of ether oxygens (including phenoxy) is 1. The van der Waals surface area contributed by atoms with Gasteiger partial charge in [0.1, 0.15) is 5.75 Å². The highest BCUT2D eigenvalue weighted by molar-refractivity contribution is 5.67. The highest BCUT2D eigenvalue weighted by Gasteiger charge is 2.12. The molecule has 1 N–H and O–H groups in total. The molecule has 1 heterocycles. The fourth-order valence-corrected chi connectivity index (χ4v) is 2.25. The molecule has 106 valence electrons. The van der Waals surface area contributed by atoms with Crippen molar-refractivity contribution in [1.29, 1.82) is 0 Å². The van der Waals surface area contributed by atoms with Crippen LogP contribution in [0, 0.1) is 0 Å². The van der Waals surface area contributed by atoms with Gasteiger partial charge in [0, 0.05) is 17.7 Å². The second-order valence-corrected chi connectivity index (χ2v) is 4.38. The standard InChI is InChI=1S/C16H19NO3/c1-3-17-14(10-9-12(11-18)16(17)19)13-7-5-6-8-15(13)20-4-2/h5-10,18H,3-4,11H2,1-2H3. The first-order chi connectivity index (χ1) is 9.72. The zero-order valence-electron chi connectivity index (χ0n) is 11.8. The minimum atomic E-state index is -0.244. The van der Waals surface area contributed by atoms with Crippen LogP contribution in [-0.4, -0.2) is 16.3 Å². The van der Waals surface area contributed by atoms with Gasteiger partial charge in [-0.15, -0.1) is 0 Å².